The maximum atomic E-state index is 12.5. The zero-order valence-corrected chi connectivity index (χ0v) is 50.1. The van der Waals surface area contributed by atoms with Crippen molar-refractivity contribution in [2.45, 2.75) is 386 Å². The van der Waals surface area contributed by atoms with Crippen LogP contribution in [-0.4, -0.2) is 47.4 Å². The van der Waals surface area contributed by atoms with Crippen molar-refractivity contribution in [1.29, 1.82) is 0 Å². The van der Waals surface area contributed by atoms with E-state index in [1.807, 2.05) is 0 Å². The molecule has 74 heavy (non-hydrogen) atoms. The minimum absolute atomic E-state index is 0.000831. The minimum Gasteiger partial charge on any atom is -0.466 e. The molecule has 438 valence electrons. The van der Waals surface area contributed by atoms with Gasteiger partial charge in [0, 0.05) is 12.8 Å². The van der Waals surface area contributed by atoms with Crippen molar-refractivity contribution in [3.63, 3.8) is 0 Å². The highest BCUT2D eigenvalue weighted by Gasteiger charge is 2.20. The lowest BCUT2D eigenvalue weighted by Crippen LogP contribution is -2.45. The Morgan fingerprint density at radius 2 is 0.635 bits per heavy atom. The monoisotopic (exact) mass is 1040 g/mol. The first-order valence-corrected chi connectivity index (χ1v) is 33.6. The number of hydrogen-bond acceptors (Lipinski definition) is 5. The van der Waals surface area contributed by atoms with Crippen LogP contribution in [0.3, 0.4) is 0 Å². The molecule has 0 aliphatic carbocycles. The molecular weight excluding hydrogens is 911 g/mol. The summed E-state index contributed by atoms with van der Waals surface area (Å²) in [6.07, 6.45) is 79.1. The third-order valence-corrected chi connectivity index (χ3v) is 15.7. The fourth-order valence-corrected chi connectivity index (χ4v) is 10.6. The van der Waals surface area contributed by atoms with Gasteiger partial charge >= 0.3 is 5.97 Å². The van der Waals surface area contributed by atoms with E-state index in [1.165, 1.54) is 295 Å². The molecule has 0 radical (unpaired) electrons. The molecule has 1 amide bonds. The molecule has 0 aromatic rings. The average molecular weight is 1040 g/mol. The number of carbonyl (C=O) groups is 2. The van der Waals surface area contributed by atoms with E-state index in [9.17, 15) is 19.8 Å². The van der Waals surface area contributed by atoms with E-state index in [-0.39, 0.29) is 18.5 Å². The van der Waals surface area contributed by atoms with Crippen LogP contribution in [0.25, 0.3) is 0 Å². The van der Waals surface area contributed by atoms with Gasteiger partial charge in [0.15, 0.2) is 0 Å². The first-order chi connectivity index (χ1) is 36.5. The number of carbonyl (C=O) groups excluding carboxylic acids is 2. The van der Waals surface area contributed by atoms with E-state index in [0.29, 0.717) is 25.9 Å². The number of hydrogen-bond donors (Lipinski definition) is 3. The normalized spacial score (nSPS) is 12.6. The van der Waals surface area contributed by atoms with Gasteiger partial charge in [0.1, 0.15) is 0 Å². The van der Waals surface area contributed by atoms with E-state index >= 15 is 0 Å². The number of rotatable bonds is 63. The number of amides is 1. The molecule has 0 aliphatic rings. The van der Waals surface area contributed by atoms with Crippen molar-refractivity contribution in [2.24, 2.45) is 0 Å². The highest BCUT2D eigenvalue weighted by atomic mass is 16.5. The van der Waals surface area contributed by atoms with Gasteiger partial charge in [-0.25, -0.2) is 0 Å². The van der Waals surface area contributed by atoms with Crippen LogP contribution >= 0.6 is 0 Å². The van der Waals surface area contributed by atoms with Crippen molar-refractivity contribution in [2.75, 3.05) is 13.2 Å². The number of ether oxygens (including phenoxy) is 1. The largest absolute Gasteiger partial charge is 0.466 e. The first kappa shape index (κ1) is 72.3. The van der Waals surface area contributed by atoms with E-state index in [2.05, 4.69) is 43.5 Å². The van der Waals surface area contributed by atoms with E-state index in [1.54, 1.807) is 0 Å². The van der Waals surface area contributed by atoms with Gasteiger partial charge in [0.2, 0.25) is 5.91 Å². The Morgan fingerprint density at radius 1 is 0.365 bits per heavy atom. The van der Waals surface area contributed by atoms with Gasteiger partial charge in [-0.2, -0.15) is 0 Å². The van der Waals surface area contributed by atoms with Crippen molar-refractivity contribution < 1.29 is 24.5 Å². The van der Waals surface area contributed by atoms with Crippen molar-refractivity contribution in [3.05, 3.63) is 24.3 Å². The molecule has 0 aromatic carbocycles. The standard InChI is InChI=1S/C68H131NO5/c1-3-5-7-9-11-13-15-17-19-20-21-22-23-26-29-33-36-40-44-48-52-56-60-66(71)65(64-70)69-67(72)61-57-53-49-45-41-37-34-30-27-24-25-28-31-35-39-43-47-51-55-59-63-74-68(73)62-58-54-50-46-42-38-32-18-16-14-12-10-8-6-4-2/h18,24,27,32,65-66,70-71H,3-17,19-23,25-26,28-31,33-64H2,1-2H3,(H,69,72)/b27-24-,32-18-. The topological polar surface area (TPSA) is 95.9 Å². The molecule has 2 atom stereocenters. The lowest BCUT2D eigenvalue weighted by Gasteiger charge is -2.22. The van der Waals surface area contributed by atoms with Gasteiger partial charge < -0.3 is 20.3 Å². The highest BCUT2D eigenvalue weighted by Crippen LogP contribution is 2.18. The van der Waals surface area contributed by atoms with Gasteiger partial charge in [0.25, 0.3) is 0 Å². The fraction of sp³-hybridized carbons (Fsp3) is 0.912. The maximum absolute atomic E-state index is 12.5. The maximum Gasteiger partial charge on any atom is 0.305 e. The molecule has 0 aliphatic heterocycles. The van der Waals surface area contributed by atoms with Crippen molar-refractivity contribution >= 4 is 11.9 Å². The molecule has 2 unspecified atom stereocenters. The van der Waals surface area contributed by atoms with Crippen LogP contribution in [0.15, 0.2) is 24.3 Å². The zero-order valence-electron chi connectivity index (χ0n) is 50.1. The average Bonchev–Trinajstić information content (AvgIpc) is 3.40. The molecule has 0 aromatic heterocycles. The van der Waals surface area contributed by atoms with Crippen molar-refractivity contribution in [1.82, 2.24) is 5.32 Å². The van der Waals surface area contributed by atoms with E-state index < -0.39 is 12.1 Å². The molecule has 3 N–H and O–H groups in total. The second kappa shape index (κ2) is 63.9. The molecule has 0 bridgehead atoms. The highest BCUT2D eigenvalue weighted by molar-refractivity contribution is 5.76. The Balaban J connectivity index is 3.43. The van der Waals surface area contributed by atoms with Gasteiger partial charge in [-0.05, 0) is 77.0 Å². The molecule has 6 heteroatoms. The number of allylic oxidation sites excluding steroid dienone is 4. The molecule has 0 spiro atoms. The summed E-state index contributed by atoms with van der Waals surface area (Å²) in [5.41, 5.74) is 0. The molecule has 0 fully saturated rings. The lowest BCUT2D eigenvalue weighted by atomic mass is 10.0. The second-order valence-electron chi connectivity index (χ2n) is 23.1. The van der Waals surface area contributed by atoms with Crippen LogP contribution in [0.1, 0.15) is 373 Å². The van der Waals surface area contributed by atoms with Crippen LogP contribution in [0.5, 0.6) is 0 Å². The van der Waals surface area contributed by atoms with Crippen LogP contribution in [0, 0.1) is 0 Å². The van der Waals surface area contributed by atoms with Crippen LogP contribution in [-0.2, 0) is 14.3 Å². The summed E-state index contributed by atoms with van der Waals surface area (Å²) < 4.78 is 5.48. The van der Waals surface area contributed by atoms with E-state index in [4.69, 9.17) is 4.74 Å². The van der Waals surface area contributed by atoms with Crippen LogP contribution in [0.4, 0.5) is 0 Å². The minimum atomic E-state index is -0.671. The Labute approximate surface area is 462 Å². The number of nitrogens with one attached hydrogen (secondary N) is 1. The van der Waals surface area contributed by atoms with Crippen LogP contribution in [0.2, 0.25) is 0 Å². The number of aliphatic hydroxyl groups excluding tert-OH is 2. The number of esters is 1. The summed E-state index contributed by atoms with van der Waals surface area (Å²) in [6.45, 7) is 4.97. The molecular formula is C68H131NO5. The van der Waals surface area contributed by atoms with Crippen molar-refractivity contribution in [3.8, 4) is 0 Å². The quantitative estimate of drug-likeness (QED) is 0.0320. The Bertz CT molecular complexity index is 1150. The predicted molar refractivity (Wildman–Crippen MR) is 324 cm³/mol. The van der Waals surface area contributed by atoms with Gasteiger partial charge in [0.05, 0.1) is 25.4 Å². The summed E-state index contributed by atoms with van der Waals surface area (Å²) >= 11 is 0. The van der Waals surface area contributed by atoms with Gasteiger partial charge in [-0.1, -0.05) is 308 Å². The first-order valence-electron chi connectivity index (χ1n) is 33.6. The summed E-state index contributed by atoms with van der Waals surface area (Å²) in [5.74, 6) is -0.0406. The molecule has 6 nitrogen and oxygen atoms in total. The summed E-state index contributed by atoms with van der Waals surface area (Å²) in [6, 6.07) is -0.549. The molecule has 0 heterocycles. The van der Waals surface area contributed by atoms with Gasteiger partial charge in [-0.15, -0.1) is 0 Å². The second-order valence-corrected chi connectivity index (χ2v) is 23.1. The number of aliphatic hydroxyl groups is 2. The van der Waals surface area contributed by atoms with E-state index in [0.717, 1.165) is 44.9 Å². The summed E-state index contributed by atoms with van der Waals surface area (Å²) in [4.78, 5) is 24.6. The Hall–Kier alpha value is -1.66. The SMILES string of the molecule is CCCCCCCC/C=C\CCCCCCCC(=O)OCCCCCCCCCCC/C=C\CCCCCCCCCC(=O)NC(CO)C(O)CCCCCCCCCCCCCCCCCCCCCCCC. The summed E-state index contributed by atoms with van der Waals surface area (Å²) in [7, 11) is 0. The zero-order chi connectivity index (χ0) is 53.6. The smallest absolute Gasteiger partial charge is 0.305 e. The summed E-state index contributed by atoms with van der Waals surface area (Å²) in [5, 5.41) is 23.4. The molecule has 0 saturated heterocycles. The number of unbranched alkanes of at least 4 members (excludes halogenated alkanes) is 48. The van der Waals surface area contributed by atoms with Crippen LogP contribution < -0.4 is 5.32 Å². The van der Waals surface area contributed by atoms with Gasteiger partial charge in [-0.3, -0.25) is 9.59 Å². The molecule has 0 rings (SSSR count). The Morgan fingerprint density at radius 3 is 0.959 bits per heavy atom. The third-order valence-electron chi connectivity index (χ3n) is 15.7. The Kier molecular flexibility index (Phi) is 62.4. The predicted octanol–water partition coefficient (Wildman–Crippen LogP) is 21.4. The lowest BCUT2D eigenvalue weighted by molar-refractivity contribution is -0.143. The molecule has 0 saturated carbocycles. The fourth-order valence-electron chi connectivity index (χ4n) is 10.6. The third kappa shape index (κ3) is 59.6.